The predicted molar refractivity (Wildman–Crippen MR) is 158 cm³/mol. The van der Waals surface area contributed by atoms with Crippen LogP contribution in [-0.2, 0) is 0 Å². The first-order valence-corrected chi connectivity index (χ1v) is 13.6. The lowest BCUT2D eigenvalue weighted by molar-refractivity contribution is 0.620. The Hall–Kier alpha value is -5.07. The molecule has 0 saturated heterocycles. The number of aromatic nitrogens is 4. The minimum absolute atomic E-state index is 0.612. The van der Waals surface area contributed by atoms with Gasteiger partial charge in [-0.2, -0.15) is 0 Å². The highest BCUT2D eigenvalue weighted by atomic mass is 32.1. The average molecular weight is 521 g/mol. The highest BCUT2D eigenvalue weighted by Crippen LogP contribution is 2.38. The van der Waals surface area contributed by atoms with Crippen LogP contribution in [0.3, 0.4) is 0 Å². The maximum absolute atomic E-state index is 6.13. The van der Waals surface area contributed by atoms with Gasteiger partial charge in [-0.25, -0.2) is 9.97 Å². The Balaban J connectivity index is 1.40. The van der Waals surface area contributed by atoms with E-state index in [1.54, 1.807) is 11.3 Å². The molecule has 0 aliphatic heterocycles. The van der Waals surface area contributed by atoms with E-state index in [1.165, 1.54) is 10.8 Å². The summed E-state index contributed by atoms with van der Waals surface area (Å²) in [5.41, 5.74) is 8.93. The van der Waals surface area contributed by atoms with Crippen molar-refractivity contribution in [3.05, 3.63) is 121 Å². The van der Waals surface area contributed by atoms with Crippen molar-refractivity contribution in [2.45, 2.75) is 0 Å². The molecule has 0 spiro atoms. The molecule has 0 aliphatic carbocycles. The van der Waals surface area contributed by atoms with Gasteiger partial charge in [-0.1, -0.05) is 48.5 Å². The first kappa shape index (κ1) is 22.0. The smallest absolute Gasteiger partial charge is 0.227 e. The molecule has 0 amide bonds. The highest BCUT2D eigenvalue weighted by Gasteiger charge is 2.17. The van der Waals surface area contributed by atoms with Crippen LogP contribution in [0, 0.1) is 0 Å². The summed E-state index contributed by atoms with van der Waals surface area (Å²) in [6.07, 6.45) is 3.68. The summed E-state index contributed by atoms with van der Waals surface area (Å²) in [7, 11) is 0. The molecule has 4 heterocycles. The van der Waals surface area contributed by atoms with Crippen molar-refractivity contribution in [2.24, 2.45) is 0 Å². The first-order chi connectivity index (χ1) is 19.3. The Morgan fingerprint density at radius 3 is 2.26 bits per heavy atom. The summed E-state index contributed by atoms with van der Waals surface area (Å²) in [5.74, 6) is 0.612. The first-order valence-electron chi connectivity index (χ1n) is 12.7. The van der Waals surface area contributed by atoms with Crippen LogP contribution >= 0.6 is 11.3 Å². The van der Waals surface area contributed by atoms with E-state index < -0.39 is 0 Å². The lowest BCUT2D eigenvalue weighted by Gasteiger charge is -2.11. The largest absolute Gasteiger partial charge is 0.436 e. The molecule has 4 aromatic heterocycles. The van der Waals surface area contributed by atoms with Gasteiger partial charge < -0.3 is 8.98 Å². The molecule has 184 valence electrons. The van der Waals surface area contributed by atoms with Gasteiger partial charge in [0.05, 0.1) is 16.7 Å². The molecule has 0 unspecified atom stereocenters. The molecule has 0 bridgehead atoms. The Morgan fingerprint density at radius 1 is 0.641 bits per heavy atom. The molecule has 39 heavy (non-hydrogen) atoms. The van der Waals surface area contributed by atoms with Crippen LogP contribution in [0.5, 0.6) is 0 Å². The van der Waals surface area contributed by atoms with Gasteiger partial charge in [0.1, 0.15) is 10.5 Å². The van der Waals surface area contributed by atoms with Crippen LogP contribution in [0.1, 0.15) is 0 Å². The molecule has 8 aromatic rings. The monoisotopic (exact) mass is 520 g/mol. The molecule has 5 nitrogen and oxygen atoms in total. The Morgan fingerprint density at radius 2 is 1.46 bits per heavy atom. The Bertz CT molecular complexity index is 2090. The Labute approximate surface area is 227 Å². The van der Waals surface area contributed by atoms with Crippen molar-refractivity contribution in [3.8, 4) is 39.0 Å². The summed E-state index contributed by atoms with van der Waals surface area (Å²) in [6.45, 7) is 0. The van der Waals surface area contributed by atoms with Crippen LogP contribution in [-0.4, -0.2) is 19.5 Å². The third-order valence-corrected chi connectivity index (χ3v) is 7.87. The SMILES string of the molecule is c1ccc(-c2cccc(-n3c4cc(-c5nc6ccccc6o5)ccc4c4ccc(-c5nccs5)cc43)c2)nc1. The summed E-state index contributed by atoms with van der Waals surface area (Å²) in [4.78, 5) is 13.9. The number of rotatable bonds is 4. The van der Waals surface area contributed by atoms with E-state index in [1.807, 2.05) is 60.2 Å². The van der Waals surface area contributed by atoms with E-state index in [9.17, 15) is 0 Å². The van der Waals surface area contributed by atoms with Gasteiger partial charge in [0.15, 0.2) is 5.58 Å². The number of para-hydroxylation sites is 2. The number of hydrogen-bond acceptors (Lipinski definition) is 5. The third kappa shape index (κ3) is 3.65. The molecule has 0 atom stereocenters. The maximum atomic E-state index is 6.13. The fraction of sp³-hybridized carbons (Fsp3) is 0. The number of thiazole rings is 1. The van der Waals surface area contributed by atoms with Crippen LogP contribution in [0.25, 0.3) is 71.9 Å². The summed E-state index contributed by atoms with van der Waals surface area (Å²) >= 11 is 1.65. The van der Waals surface area contributed by atoms with Gasteiger partial charge in [-0.05, 0) is 54.6 Å². The standard InChI is InChI=1S/C33H20N4OS/c1-2-10-31-28(9-1)36-32(38-31)22-11-13-25-26-14-12-23(33-35-16-17-39-33)20-30(26)37(29(25)19-22)24-7-5-6-21(18-24)27-8-3-4-15-34-27/h1-20H. The van der Waals surface area contributed by atoms with Crippen LogP contribution in [0.4, 0.5) is 0 Å². The molecular weight excluding hydrogens is 500 g/mol. The lowest BCUT2D eigenvalue weighted by atomic mass is 10.1. The molecule has 0 saturated carbocycles. The molecular formula is C33H20N4OS. The van der Waals surface area contributed by atoms with Gasteiger partial charge in [-0.3, -0.25) is 4.98 Å². The quantitative estimate of drug-likeness (QED) is 0.233. The van der Waals surface area contributed by atoms with Gasteiger partial charge in [-0.15, -0.1) is 11.3 Å². The second-order valence-electron chi connectivity index (χ2n) is 9.39. The fourth-order valence-electron chi connectivity index (χ4n) is 5.26. The van der Waals surface area contributed by atoms with E-state index in [-0.39, 0.29) is 0 Å². The topological polar surface area (TPSA) is 56.7 Å². The second-order valence-corrected chi connectivity index (χ2v) is 10.3. The van der Waals surface area contributed by atoms with Crippen molar-refractivity contribution < 1.29 is 4.42 Å². The maximum Gasteiger partial charge on any atom is 0.227 e. The van der Waals surface area contributed by atoms with Crippen molar-refractivity contribution in [1.82, 2.24) is 19.5 Å². The third-order valence-electron chi connectivity index (χ3n) is 7.05. The van der Waals surface area contributed by atoms with E-state index >= 15 is 0 Å². The van der Waals surface area contributed by atoms with Crippen molar-refractivity contribution in [3.63, 3.8) is 0 Å². The highest BCUT2D eigenvalue weighted by molar-refractivity contribution is 7.13. The number of pyridine rings is 1. The van der Waals surface area contributed by atoms with Gasteiger partial charge in [0.25, 0.3) is 0 Å². The van der Waals surface area contributed by atoms with Crippen molar-refractivity contribution in [1.29, 1.82) is 0 Å². The van der Waals surface area contributed by atoms with E-state index in [2.05, 4.69) is 75.2 Å². The van der Waals surface area contributed by atoms with E-state index in [0.717, 1.165) is 55.2 Å². The minimum atomic E-state index is 0.612. The molecule has 4 aromatic carbocycles. The molecule has 0 aliphatic rings. The van der Waals surface area contributed by atoms with Crippen molar-refractivity contribution >= 4 is 44.2 Å². The zero-order valence-corrected chi connectivity index (χ0v) is 21.5. The Kier molecular flexibility index (Phi) is 4.93. The average Bonchev–Trinajstić information content (AvgIpc) is 3.75. The minimum Gasteiger partial charge on any atom is -0.436 e. The number of nitrogens with zero attached hydrogens (tertiary/aromatic N) is 4. The van der Waals surface area contributed by atoms with Gasteiger partial charge in [0.2, 0.25) is 5.89 Å². The van der Waals surface area contributed by atoms with Crippen LogP contribution in [0.2, 0.25) is 0 Å². The number of fused-ring (bicyclic) bond motifs is 4. The second kappa shape index (κ2) is 8.75. The molecule has 8 rings (SSSR count). The fourth-order valence-corrected chi connectivity index (χ4v) is 5.90. The number of hydrogen-bond donors (Lipinski definition) is 0. The lowest BCUT2D eigenvalue weighted by Crippen LogP contribution is -1.95. The zero-order valence-electron chi connectivity index (χ0n) is 20.7. The van der Waals surface area contributed by atoms with E-state index in [4.69, 9.17) is 9.40 Å². The van der Waals surface area contributed by atoms with E-state index in [0.29, 0.717) is 5.89 Å². The van der Waals surface area contributed by atoms with Gasteiger partial charge >= 0.3 is 0 Å². The predicted octanol–water partition coefficient (Wildman–Crippen LogP) is 8.78. The number of benzene rings is 4. The summed E-state index contributed by atoms with van der Waals surface area (Å²) in [6, 6.07) is 35.4. The number of oxazole rings is 1. The molecule has 0 fully saturated rings. The summed E-state index contributed by atoms with van der Waals surface area (Å²) in [5, 5.41) is 5.36. The zero-order chi connectivity index (χ0) is 25.8. The van der Waals surface area contributed by atoms with Crippen molar-refractivity contribution in [2.75, 3.05) is 0 Å². The normalized spacial score (nSPS) is 11.6. The van der Waals surface area contributed by atoms with Crippen LogP contribution in [0.15, 0.2) is 125 Å². The summed E-state index contributed by atoms with van der Waals surface area (Å²) < 4.78 is 8.45. The molecule has 0 N–H and O–H groups in total. The van der Waals surface area contributed by atoms with Gasteiger partial charge in [0, 0.05) is 50.9 Å². The molecule has 0 radical (unpaired) electrons. The molecule has 6 heteroatoms. The van der Waals surface area contributed by atoms with Crippen LogP contribution < -0.4 is 0 Å².